The Labute approximate surface area is 168 Å². The summed E-state index contributed by atoms with van der Waals surface area (Å²) in [6, 6.07) is 15.1. The number of hydrogen-bond acceptors (Lipinski definition) is 5. The van der Waals surface area contributed by atoms with Crippen LogP contribution in [0, 0.1) is 12.8 Å². The zero-order chi connectivity index (χ0) is 20.4. The van der Waals surface area contributed by atoms with Gasteiger partial charge in [0.05, 0.1) is 5.92 Å². The minimum absolute atomic E-state index is 0.0737. The van der Waals surface area contributed by atoms with Crippen LogP contribution < -0.4 is 10.2 Å². The van der Waals surface area contributed by atoms with Gasteiger partial charge in [-0.05, 0) is 30.2 Å². The Balaban J connectivity index is 1.50. The van der Waals surface area contributed by atoms with E-state index < -0.39 is 5.92 Å². The lowest BCUT2D eigenvalue weighted by Gasteiger charge is -2.17. The molecule has 0 saturated carbocycles. The van der Waals surface area contributed by atoms with Gasteiger partial charge in [0.1, 0.15) is 0 Å². The third-order valence-electron chi connectivity index (χ3n) is 5.10. The van der Waals surface area contributed by atoms with Gasteiger partial charge >= 0.3 is 0 Å². The van der Waals surface area contributed by atoms with Crippen molar-refractivity contribution < 1.29 is 14.1 Å². The molecular weight excluding hydrogens is 368 g/mol. The average Bonchev–Trinajstić information content (AvgIpc) is 3.34. The highest BCUT2D eigenvalue weighted by Gasteiger charge is 2.35. The van der Waals surface area contributed by atoms with Gasteiger partial charge in [0, 0.05) is 36.8 Å². The number of benzene rings is 2. The van der Waals surface area contributed by atoms with E-state index in [1.54, 1.807) is 11.8 Å². The third-order valence-corrected chi connectivity index (χ3v) is 5.10. The number of carbonyl (C=O) groups excluding carboxylic acids is 2. The molecule has 7 nitrogen and oxygen atoms in total. The zero-order valence-corrected chi connectivity index (χ0v) is 16.4. The highest BCUT2D eigenvalue weighted by Crippen LogP contribution is 2.29. The van der Waals surface area contributed by atoms with Crippen LogP contribution in [0.1, 0.15) is 24.8 Å². The van der Waals surface area contributed by atoms with Crippen LogP contribution in [-0.2, 0) is 16.0 Å². The molecule has 2 aromatic carbocycles. The molecule has 2 heterocycles. The van der Waals surface area contributed by atoms with E-state index in [2.05, 4.69) is 15.5 Å². The number of aryl methyl sites for hydroxylation is 2. The summed E-state index contributed by atoms with van der Waals surface area (Å²) in [7, 11) is 0. The van der Waals surface area contributed by atoms with Crippen molar-refractivity contribution >= 4 is 23.2 Å². The summed E-state index contributed by atoms with van der Waals surface area (Å²) < 4.78 is 5.03. The molecular formula is C22H22N4O3. The highest BCUT2D eigenvalue weighted by atomic mass is 16.5. The lowest BCUT2D eigenvalue weighted by atomic mass is 10.1. The van der Waals surface area contributed by atoms with E-state index >= 15 is 0 Å². The summed E-state index contributed by atoms with van der Waals surface area (Å²) in [6.07, 6.45) is 1.01. The van der Waals surface area contributed by atoms with E-state index in [4.69, 9.17) is 4.52 Å². The Hall–Kier alpha value is -3.48. The molecule has 4 rings (SSSR count). The predicted octanol–water partition coefficient (Wildman–Crippen LogP) is 3.60. The molecule has 1 aliphatic heterocycles. The number of nitrogens with zero attached hydrogens (tertiary/aromatic N) is 3. The maximum atomic E-state index is 12.8. The van der Waals surface area contributed by atoms with Crippen molar-refractivity contribution in [1.29, 1.82) is 0 Å². The van der Waals surface area contributed by atoms with Crippen LogP contribution in [0.15, 0.2) is 53.1 Å². The fourth-order valence-corrected chi connectivity index (χ4v) is 3.55. The van der Waals surface area contributed by atoms with Gasteiger partial charge in [0.2, 0.25) is 23.5 Å². The van der Waals surface area contributed by atoms with Gasteiger partial charge in [-0.15, -0.1) is 0 Å². The molecule has 1 N–H and O–H groups in total. The maximum Gasteiger partial charge on any atom is 0.229 e. The van der Waals surface area contributed by atoms with Crippen LogP contribution in [0.3, 0.4) is 0 Å². The van der Waals surface area contributed by atoms with Crippen LogP contribution in [-0.4, -0.2) is 28.5 Å². The summed E-state index contributed by atoms with van der Waals surface area (Å²) in [5, 5.41) is 6.91. The minimum Gasteiger partial charge on any atom is -0.339 e. The molecule has 148 valence electrons. The van der Waals surface area contributed by atoms with Crippen LogP contribution >= 0.6 is 0 Å². The molecule has 0 unspecified atom stereocenters. The Morgan fingerprint density at radius 2 is 2.07 bits per heavy atom. The number of nitrogens with one attached hydrogen (secondary N) is 1. The lowest BCUT2D eigenvalue weighted by molar-refractivity contribution is -0.122. The first-order chi connectivity index (χ1) is 14.0. The minimum atomic E-state index is -0.400. The number of aromatic nitrogens is 2. The van der Waals surface area contributed by atoms with Crippen molar-refractivity contribution in [3.05, 3.63) is 60.0 Å². The van der Waals surface area contributed by atoms with E-state index in [0.29, 0.717) is 18.3 Å². The first-order valence-corrected chi connectivity index (χ1v) is 9.65. The van der Waals surface area contributed by atoms with Crippen molar-refractivity contribution in [1.82, 2.24) is 10.1 Å². The van der Waals surface area contributed by atoms with Gasteiger partial charge in [-0.3, -0.25) is 9.59 Å². The van der Waals surface area contributed by atoms with E-state index in [1.165, 1.54) is 0 Å². The highest BCUT2D eigenvalue weighted by molar-refractivity contribution is 6.03. The van der Waals surface area contributed by atoms with E-state index in [9.17, 15) is 9.59 Å². The Morgan fingerprint density at radius 1 is 1.24 bits per heavy atom. The number of hydrogen-bond donors (Lipinski definition) is 1. The summed E-state index contributed by atoms with van der Waals surface area (Å²) in [5.74, 6) is 0.346. The lowest BCUT2D eigenvalue weighted by Crippen LogP contribution is -2.28. The standard InChI is InChI=1S/C22H22N4O3/c1-3-15-7-4-5-10-19(15)24-22(28)17-12-20(27)26(13-17)18-9-6-8-16(11-18)21-23-14(2)29-25-21/h4-11,17H,3,12-13H2,1-2H3,(H,24,28)/t17-/m0/s1. The first-order valence-electron chi connectivity index (χ1n) is 9.65. The number of anilines is 2. The largest absolute Gasteiger partial charge is 0.339 e. The quantitative estimate of drug-likeness (QED) is 0.719. The maximum absolute atomic E-state index is 12.8. The topological polar surface area (TPSA) is 88.3 Å². The van der Waals surface area contributed by atoms with Crippen molar-refractivity contribution in [2.45, 2.75) is 26.7 Å². The molecule has 7 heteroatoms. The molecule has 0 bridgehead atoms. The smallest absolute Gasteiger partial charge is 0.229 e. The second-order valence-corrected chi connectivity index (χ2v) is 7.09. The third kappa shape index (κ3) is 3.89. The Bertz CT molecular complexity index is 1060. The molecule has 0 aliphatic carbocycles. The first kappa shape index (κ1) is 18.9. The monoisotopic (exact) mass is 390 g/mol. The van der Waals surface area contributed by atoms with Crippen molar-refractivity contribution in [2.75, 3.05) is 16.8 Å². The molecule has 3 aromatic rings. The van der Waals surface area contributed by atoms with Gasteiger partial charge < -0.3 is 14.7 Å². The number of amides is 2. The van der Waals surface area contributed by atoms with E-state index in [-0.39, 0.29) is 18.2 Å². The molecule has 1 aromatic heterocycles. The van der Waals surface area contributed by atoms with Gasteiger partial charge in [-0.1, -0.05) is 42.4 Å². The van der Waals surface area contributed by atoms with Crippen molar-refractivity contribution in [3.63, 3.8) is 0 Å². The fraction of sp³-hybridized carbons (Fsp3) is 0.273. The van der Waals surface area contributed by atoms with Gasteiger partial charge in [-0.2, -0.15) is 4.98 Å². The number of carbonyl (C=O) groups is 2. The normalized spacial score (nSPS) is 16.3. The summed E-state index contributed by atoms with van der Waals surface area (Å²) in [5.41, 5.74) is 3.36. The van der Waals surface area contributed by atoms with Crippen molar-refractivity contribution in [3.8, 4) is 11.4 Å². The van der Waals surface area contributed by atoms with Crippen LogP contribution in [0.4, 0.5) is 11.4 Å². The van der Waals surface area contributed by atoms with E-state index in [0.717, 1.165) is 28.9 Å². The summed E-state index contributed by atoms with van der Waals surface area (Å²) in [4.78, 5) is 31.3. The molecule has 1 atom stereocenters. The molecule has 2 amide bonds. The van der Waals surface area contributed by atoms with Crippen LogP contribution in [0.2, 0.25) is 0 Å². The second-order valence-electron chi connectivity index (χ2n) is 7.09. The predicted molar refractivity (Wildman–Crippen MR) is 109 cm³/mol. The summed E-state index contributed by atoms with van der Waals surface area (Å²) >= 11 is 0. The Kier molecular flexibility index (Phi) is 5.12. The molecule has 0 spiro atoms. The molecule has 0 radical (unpaired) electrons. The van der Waals surface area contributed by atoms with Crippen molar-refractivity contribution in [2.24, 2.45) is 5.92 Å². The van der Waals surface area contributed by atoms with E-state index in [1.807, 2.05) is 55.5 Å². The zero-order valence-electron chi connectivity index (χ0n) is 16.4. The average molecular weight is 390 g/mol. The molecule has 1 fully saturated rings. The molecule has 29 heavy (non-hydrogen) atoms. The van der Waals surface area contributed by atoms with Crippen LogP contribution in [0.5, 0.6) is 0 Å². The SMILES string of the molecule is CCc1ccccc1NC(=O)[C@H]1CC(=O)N(c2cccc(-c3noc(C)n3)c2)C1. The number of rotatable bonds is 5. The fourth-order valence-electron chi connectivity index (χ4n) is 3.55. The summed E-state index contributed by atoms with van der Waals surface area (Å²) in [6.45, 7) is 4.11. The second kappa shape index (κ2) is 7.87. The Morgan fingerprint density at radius 3 is 2.83 bits per heavy atom. The van der Waals surface area contributed by atoms with Gasteiger partial charge in [0.15, 0.2) is 0 Å². The van der Waals surface area contributed by atoms with Gasteiger partial charge in [0.25, 0.3) is 0 Å². The molecule has 1 saturated heterocycles. The number of para-hydroxylation sites is 1. The van der Waals surface area contributed by atoms with Gasteiger partial charge in [-0.25, -0.2) is 0 Å². The molecule has 1 aliphatic rings. The van der Waals surface area contributed by atoms with Crippen LogP contribution in [0.25, 0.3) is 11.4 Å².